The first-order chi connectivity index (χ1) is 17.2. The number of Topliss-reactive ketones (excluding diaryl/α,β-unsaturated/α-hetero) is 1. The van der Waals surface area contributed by atoms with Crippen molar-refractivity contribution in [3.8, 4) is 17.2 Å². The Morgan fingerprint density at radius 1 is 0.917 bits per heavy atom. The van der Waals surface area contributed by atoms with Crippen LogP contribution in [0.25, 0.3) is 5.76 Å². The molecule has 7 nitrogen and oxygen atoms in total. The summed E-state index contributed by atoms with van der Waals surface area (Å²) < 4.78 is 16.1. The summed E-state index contributed by atoms with van der Waals surface area (Å²) >= 11 is 6.34. The molecule has 1 amide bonds. The van der Waals surface area contributed by atoms with E-state index in [4.69, 9.17) is 25.8 Å². The molecule has 1 atom stereocenters. The van der Waals surface area contributed by atoms with Crippen molar-refractivity contribution in [3.63, 3.8) is 0 Å². The first-order valence-corrected chi connectivity index (χ1v) is 11.5. The third-order valence-electron chi connectivity index (χ3n) is 6.21. The van der Waals surface area contributed by atoms with Crippen LogP contribution >= 0.6 is 11.6 Å². The predicted octanol–water partition coefficient (Wildman–Crippen LogP) is 5.61. The highest BCUT2D eigenvalue weighted by atomic mass is 35.5. The third kappa shape index (κ3) is 4.27. The molecule has 8 heteroatoms. The van der Waals surface area contributed by atoms with Crippen molar-refractivity contribution < 1.29 is 28.9 Å². The highest BCUT2D eigenvalue weighted by molar-refractivity contribution is 6.52. The van der Waals surface area contributed by atoms with Gasteiger partial charge < -0.3 is 19.3 Å². The molecule has 4 rings (SSSR count). The van der Waals surface area contributed by atoms with Gasteiger partial charge in [-0.2, -0.15) is 0 Å². The SMILES string of the molecule is COc1cccc(C2/C(=C(\O)c3cc(Cl)c(OC)cc3OC)C(=O)C(=O)N2c2cc(C)ccc2C)c1. The van der Waals surface area contributed by atoms with Crippen LogP contribution in [0, 0.1) is 13.8 Å². The summed E-state index contributed by atoms with van der Waals surface area (Å²) in [6.07, 6.45) is 0. The standard InChI is InChI=1S/C28H26ClNO6/c1-15-9-10-16(2)21(11-15)30-25(17-7-6-8-18(12-17)34-3)24(27(32)28(30)33)26(31)19-13-20(29)23(36-5)14-22(19)35-4/h6-14,25,31H,1-5H3/b26-24+. The molecule has 0 saturated carbocycles. The van der Waals surface area contributed by atoms with Gasteiger partial charge in [-0.1, -0.05) is 35.9 Å². The van der Waals surface area contributed by atoms with Crippen LogP contribution < -0.4 is 19.1 Å². The van der Waals surface area contributed by atoms with Gasteiger partial charge in [0, 0.05) is 11.8 Å². The summed E-state index contributed by atoms with van der Waals surface area (Å²) in [6.45, 7) is 3.77. The van der Waals surface area contributed by atoms with Gasteiger partial charge in [0.1, 0.15) is 23.0 Å². The summed E-state index contributed by atoms with van der Waals surface area (Å²) in [7, 11) is 4.41. The topological polar surface area (TPSA) is 85.3 Å². The van der Waals surface area contributed by atoms with Crippen LogP contribution in [0.2, 0.25) is 5.02 Å². The number of aliphatic hydroxyl groups is 1. The minimum atomic E-state index is -0.925. The highest BCUT2D eigenvalue weighted by Crippen LogP contribution is 2.46. The highest BCUT2D eigenvalue weighted by Gasteiger charge is 2.47. The van der Waals surface area contributed by atoms with Crippen LogP contribution in [0.5, 0.6) is 17.2 Å². The molecule has 1 aliphatic rings. The van der Waals surface area contributed by atoms with Gasteiger partial charge in [-0.3, -0.25) is 14.5 Å². The van der Waals surface area contributed by atoms with E-state index >= 15 is 0 Å². The van der Waals surface area contributed by atoms with E-state index in [0.717, 1.165) is 11.1 Å². The maximum absolute atomic E-state index is 13.5. The Kier molecular flexibility index (Phi) is 6.95. The van der Waals surface area contributed by atoms with E-state index in [1.54, 1.807) is 24.3 Å². The average Bonchev–Trinajstić information content (AvgIpc) is 3.15. The van der Waals surface area contributed by atoms with Crippen molar-refractivity contribution in [2.24, 2.45) is 0 Å². The lowest BCUT2D eigenvalue weighted by Crippen LogP contribution is -2.30. The number of ether oxygens (including phenoxy) is 3. The Bertz CT molecular complexity index is 1400. The fourth-order valence-corrected chi connectivity index (χ4v) is 4.62. The summed E-state index contributed by atoms with van der Waals surface area (Å²) in [4.78, 5) is 28.4. The number of aryl methyl sites for hydroxylation is 2. The number of carbonyl (C=O) groups excluding carboxylic acids is 2. The zero-order valence-electron chi connectivity index (χ0n) is 20.6. The largest absolute Gasteiger partial charge is 0.507 e. The van der Waals surface area contributed by atoms with Gasteiger partial charge in [0.25, 0.3) is 11.7 Å². The number of nitrogens with zero attached hydrogens (tertiary/aromatic N) is 1. The van der Waals surface area contributed by atoms with Gasteiger partial charge in [0.15, 0.2) is 0 Å². The van der Waals surface area contributed by atoms with E-state index < -0.39 is 23.5 Å². The molecular weight excluding hydrogens is 482 g/mol. The molecule has 1 heterocycles. The Hall–Kier alpha value is -3.97. The summed E-state index contributed by atoms with van der Waals surface area (Å²) in [6, 6.07) is 14.7. The van der Waals surface area contributed by atoms with E-state index in [2.05, 4.69) is 0 Å². The van der Waals surface area contributed by atoms with Crippen LogP contribution in [0.4, 0.5) is 5.69 Å². The van der Waals surface area contributed by atoms with Crippen molar-refractivity contribution >= 4 is 34.7 Å². The first kappa shape index (κ1) is 25.1. The zero-order chi connectivity index (χ0) is 26.1. The molecule has 186 valence electrons. The minimum Gasteiger partial charge on any atom is -0.507 e. The van der Waals surface area contributed by atoms with E-state index in [1.807, 2.05) is 32.0 Å². The van der Waals surface area contributed by atoms with Crippen molar-refractivity contribution in [1.29, 1.82) is 0 Å². The molecule has 0 radical (unpaired) electrons. The number of aliphatic hydroxyl groups excluding tert-OH is 1. The number of methoxy groups -OCH3 is 3. The second kappa shape index (κ2) is 9.95. The van der Waals surface area contributed by atoms with E-state index in [9.17, 15) is 14.7 Å². The monoisotopic (exact) mass is 507 g/mol. The number of anilines is 1. The number of carbonyl (C=O) groups is 2. The molecule has 1 saturated heterocycles. The Morgan fingerprint density at radius 3 is 2.31 bits per heavy atom. The van der Waals surface area contributed by atoms with Crippen LogP contribution in [-0.2, 0) is 9.59 Å². The number of amides is 1. The van der Waals surface area contributed by atoms with E-state index in [0.29, 0.717) is 22.7 Å². The van der Waals surface area contributed by atoms with Crippen LogP contribution in [0.3, 0.4) is 0 Å². The second-order valence-electron chi connectivity index (χ2n) is 8.42. The quantitative estimate of drug-likeness (QED) is 0.265. The van der Waals surface area contributed by atoms with Gasteiger partial charge in [-0.05, 0) is 54.8 Å². The van der Waals surface area contributed by atoms with E-state index in [-0.39, 0.29) is 21.9 Å². The Balaban J connectivity index is 2.03. The molecule has 0 spiro atoms. The van der Waals surface area contributed by atoms with Crippen LogP contribution in [0.15, 0.2) is 60.2 Å². The molecular formula is C28H26ClNO6. The lowest BCUT2D eigenvalue weighted by Gasteiger charge is -2.27. The molecule has 0 aliphatic carbocycles. The summed E-state index contributed by atoms with van der Waals surface area (Å²) in [5.74, 6) is -0.868. The molecule has 1 aliphatic heterocycles. The van der Waals surface area contributed by atoms with Crippen molar-refractivity contribution in [2.45, 2.75) is 19.9 Å². The Labute approximate surface area is 214 Å². The number of halogens is 1. The van der Waals surface area contributed by atoms with Gasteiger partial charge in [0.05, 0.1) is 43.5 Å². The number of benzene rings is 3. The predicted molar refractivity (Wildman–Crippen MR) is 138 cm³/mol. The van der Waals surface area contributed by atoms with Gasteiger partial charge in [0.2, 0.25) is 0 Å². The van der Waals surface area contributed by atoms with Gasteiger partial charge >= 0.3 is 0 Å². The van der Waals surface area contributed by atoms with Crippen molar-refractivity contribution in [3.05, 3.63) is 87.4 Å². The maximum atomic E-state index is 13.5. The lowest BCUT2D eigenvalue weighted by molar-refractivity contribution is -0.132. The van der Waals surface area contributed by atoms with Crippen molar-refractivity contribution in [2.75, 3.05) is 26.2 Å². The van der Waals surface area contributed by atoms with Crippen molar-refractivity contribution in [1.82, 2.24) is 0 Å². The van der Waals surface area contributed by atoms with Gasteiger partial charge in [-0.25, -0.2) is 0 Å². The van der Waals surface area contributed by atoms with Gasteiger partial charge in [-0.15, -0.1) is 0 Å². The number of ketones is 1. The maximum Gasteiger partial charge on any atom is 0.300 e. The average molecular weight is 508 g/mol. The molecule has 1 N–H and O–H groups in total. The van der Waals surface area contributed by atoms with Crippen LogP contribution in [0.1, 0.15) is 28.3 Å². The molecule has 1 fully saturated rings. The fourth-order valence-electron chi connectivity index (χ4n) is 4.38. The summed E-state index contributed by atoms with van der Waals surface area (Å²) in [5, 5.41) is 11.7. The smallest absolute Gasteiger partial charge is 0.300 e. The first-order valence-electron chi connectivity index (χ1n) is 11.2. The number of hydrogen-bond donors (Lipinski definition) is 1. The zero-order valence-corrected chi connectivity index (χ0v) is 21.3. The normalized spacial score (nSPS) is 16.8. The molecule has 3 aromatic rings. The molecule has 1 unspecified atom stereocenters. The summed E-state index contributed by atoms with van der Waals surface area (Å²) in [5.41, 5.74) is 2.97. The second-order valence-corrected chi connectivity index (χ2v) is 8.83. The Morgan fingerprint density at radius 2 is 1.64 bits per heavy atom. The molecule has 0 aromatic heterocycles. The minimum absolute atomic E-state index is 0.0892. The lowest BCUT2D eigenvalue weighted by atomic mass is 9.94. The fraction of sp³-hybridized carbons (Fsp3) is 0.214. The molecule has 3 aromatic carbocycles. The molecule has 0 bridgehead atoms. The molecule has 36 heavy (non-hydrogen) atoms. The number of hydrogen-bond acceptors (Lipinski definition) is 6. The number of rotatable bonds is 6. The van der Waals surface area contributed by atoms with Crippen LogP contribution in [-0.4, -0.2) is 38.1 Å². The van der Waals surface area contributed by atoms with E-state index in [1.165, 1.54) is 38.4 Å². The third-order valence-corrected chi connectivity index (χ3v) is 6.50.